The number of methoxy groups -OCH3 is 2. The van der Waals surface area contributed by atoms with Crippen LogP contribution in [0.15, 0.2) is 54.9 Å². The van der Waals surface area contributed by atoms with Crippen LogP contribution in [0.5, 0.6) is 23.0 Å². The second-order valence-electron chi connectivity index (χ2n) is 9.16. The van der Waals surface area contributed by atoms with Gasteiger partial charge < -0.3 is 24.8 Å². The molecule has 0 atom stereocenters. The third-order valence-corrected chi connectivity index (χ3v) is 6.57. The van der Waals surface area contributed by atoms with Crippen LogP contribution < -0.4 is 24.8 Å². The highest BCUT2D eigenvalue weighted by Crippen LogP contribution is 2.37. The average Bonchev–Trinajstić information content (AvgIpc) is 3.29. The highest BCUT2D eigenvalue weighted by Gasteiger charge is 2.21. The minimum absolute atomic E-state index is 0.0981. The monoisotopic (exact) mass is 501 g/mol. The van der Waals surface area contributed by atoms with Gasteiger partial charge in [0.2, 0.25) is 0 Å². The number of ether oxygens (including phenoxy) is 3. The zero-order valence-electron chi connectivity index (χ0n) is 21.3. The van der Waals surface area contributed by atoms with Crippen LogP contribution in [0.1, 0.15) is 42.5 Å². The third kappa shape index (κ3) is 5.45. The molecular formula is C28H31N5O4. The summed E-state index contributed by atoms with van der Waals surface area (Å²) in [5.41, 5.74) is 2.06. The number of hydrogen-bond donors (Lipinski definition) is 2. The molecule has 1 saturated carbocycles. The van der Waals surface area contributed by atoms with Gasteiger partial charge >= 0.3 is 0 Å². The van der Waals surface area contributed by atoms with Crippen LogP contribution in [0, 0.1) is 0 Å². The lowest BCUT2D eigenvalue weighted by Crippen LogP contribution is -2.36. The molecule has 2 aromatic heterocycles. The van der Waals surface area contributed by atoms with Crippen molar-refractivity contribution in [2.75, 3.05) is 19.5 Å². The standard InChI is InChI=1S/C28H31N5O4/c1-33-17-22(28(34)31-18-7-5-4-6-8-18)27(32-33)30-19-9-11-20(12-10-19)37-24-13-14-29-23-16-26(36-3)25(35-2)15-21(23)24/h9-18H,4-8H2,1-3H3,(H,30,32)(H,31,34). The van der Waals surface area contributed by atoms with Crippen molar-refractivity contribution in [2.24, 2.45) is 7.05 Å². The molecule has 192 valence electrons. The quantitative estimate of drug-likeness (QED) is 0.325. The number of benzene rings is 2. The molecule has 1 fully saturated rings. The lowest BCUT2D eigenvalue weighted by Gasteiger charge is -2.22. The summed E-state index contributed by atoms with van der Waals surface area (Å²) in [6.07, 6.45) is 9.07. The number of amides is 1. The van der Waals surface area contributed by atoms with Gasteiger partial charge in [-0.05, 0) is 49.2 Å². The van der Waals surface area contributed by atoms with Crippen molar-refractivity contribution < 1.29 is 19.0 Å². The van der Waals surface area contributed by atoms with Gasteiger partial charge in [0.15, 0.2) is 17.3 Å². The summed E-state index contributed by atoms with van der Waals surface area (Å²) in [7, 11) is 5.00. The molecule has 0 saturated heterocycles. The van der Waals surface area contributed by atoms with Crippen molar-refractivity contribution in [3.8, 4) is 23.0 Å². The predicted octanol–water partition coefficient (Wildman–Crippen LogP) is 5.58. The van der Waals surface area contributed by atoms with E-state index < -0.39 is 0 Å². The zero-order valence-corrected chi connectivity index (χ0v) is 21.3. The maximum atomic E-state index is 12.9. The van der Waals surface area contributed by atoms with Gasteiger partial charge in [0, 0.05) is 42.6 Å². The number of anilines is 2. The van der Waals surface area contributed by atoms with E-state index in [2.05, 4.69) is 20.7 Å². The molecule has 37 heavy (non-hydrogen) atoms. The van der Waals surface area contributed by atoms with E-state index in [1.165, 1.54) is 6.42 Å². The molecule has 0 spiro atoms. The fourth-order valence-electron chi connectivity index (χ4n) is 4.66. The first-order chi connectivity index (χ1) is 18.0. The van der Waals surface area contributed by atoms with Crippen LogP contribution >= 0.6 is 0 Å². The SMILES string of the molecule is COc1cc2nccc(Oc3ccc(Nc4nn(C)cc4C(=O)NC4CCCCC4)cc3)c2cc1OC. The van der Waals surface area contributed by atoms with Gasteiger partial charge in [-0.15, -0.1) is 0 Å². The molecule has 0 bridgehead atoms. The van der Waals surface area contributed by atoms with E-state index in [-0.39, 0.29) is 11.9 Å². The van der Waals surface area contributed by atoms with E-state index in [1.807, 2.05) is 49.5 Å². The van der Waals surface area contributed by atoms with E-state index in [4.69, 9.17) is 14.2 Å². The molecule has 1 aliphatic rings. The van der Waals surface area contributed by atoms with Crippen molar-refractivity contribution in [3.05, 3.63) is 60.4 Å². The number of aryl methyl sites for hydroxylation is 1. The number of fused-ring (bicyclic) bond motifs is 1. The van der Waals surface area contributed by atoms with Crippen molar-refractivity contribution in [1.82, 2.24) is 20.1 Å². The second kappa shape index (κ2) is 10.8. The Kier molecular flexibility index (Phi) is 7.11. The lowest BCUT2D eigenvalue weighted by molar-refractivity contribution is 0.0928. The topological polar surface area (TPSA) is 99.5 Å². The molecular weight excluding hydrogens is 470 g/mol. The van der Waals surface area contributed by atoms with Gasteiger partial charge in [0.25, 0.3) is 5.91 Å². The molecule has 4 aromatic rings. The Hall–Kier alpha value is -4.27. The van der Waals surface area contributed by atoms with Gasteiger partial charge in [-0.25, -0.2) is 0 Å². The molecule has 0 radical (unpaired) electrons. The third-order valence-electron chi connectivity index (χ3n) is 6.57. The summed E-state index contributed by atoms with van der Waals surface area (Å²) in [5.74, 6) is 2.94. The van der Waals surface area contributed by atoms with Gasteiger partial charge in [0.05, 0.1) is 19.7 Å². The highest BCUT2D eigenvalue weighted by atomic mass is 16.5. The summed E-state index contributed by atoms with van der Waals surface area (Å²) < 4.78 is 18.6. The number of rotatable bonds is 8. The van der Waals surface area contributed by atoms with Crippen molar-refractivity contribution in [3.63, 3.8) is 0 Å². The van der Waals surface area contributed by atoms with Gasteiger partial charge in [-0.2, -0.15) is 5.10 Å². The fourth-order valence-corrected chi connectivity index (χ4v) is 4.66. The largest absolute Gasteiger partial charge is 0.493 e. The average molecular weight is 502 g/mol. The molecule has 5 rings (SSSR count). The Morgan fingerprint density at radius 2 is 1.70 bits per heavy atom. The number of hydrogen-bond acceptors (Lipinski definition) is 7. The maximum absolute atomic E-state index is 12.9. The van der Waals surface area contributed by atoms with E-state index in [0.29, 0.717) is 34.4 Å². The summed E-state index contributed by atoms with van der Waals surface area (Å²) >= 11 is 0. The van der Waals surface area contributed by atoms with E-state index in [1.54, 1.807) is 31.3 Å². The number of aromatic nitrogens is 3. The molecule has 2 aromatic carbocycles. The highest BCUT2D eigenvalue weighted by molar-refractivity contribution is 5.99. The number of carbonyl (C=O) groups is 1. The first-order valence-corrected chi connectivity index (χ1v) is 12.4. The van der Waals surface area contributed by atoms with Crippen molar-refractivity contribution in [1.29, 1.82) is 0 Å². The molecule has 2 N–H and O–H groups in total. The van der Waals surface area contributed by atoms with Crippen LogP contribution in [-0.2, 0) is 7.05 Å². The van der Waals surface area contributed by atoms with Gasteiger partial charge in [-0.3, -0.25) is 14.5 Å². The second-order valence-corrected chi connectivity index (χ2v) is 9.16. The van der Waals surface area contributed by atoms with E-state index >= 15 is 0 Å². The minimum Gasteiger partial charge on any atom is -0.493 e. The summed E-state index contributed by atoms with van der Waals surface area (Å²) in [4.78, 5) is 17.4. The van der Waals surface area contributed by atoms with Crippen LogP contribution in [-0.4, -0.2) is 40.9 Å². The van der Waals surface area contributed by atoms with E-state index in [0.717, 1.165) is 42.3 Å². The Morgan fingerprint density at radius 1 is 0.973 bits per heavy atom. The smallest absolute Gasteiger partial charge is 0.256 e. The molecule has 9 heteroatoms. The number of nitrogens with one attached hydrogen (secondary N) is 2. The fraction of sp³-hybridized carbons (Fsp3) is 0.321. The Morgan fingerprint density at radius 3 is 2.43 bits per heavy atom. The zero-order chi connectivity index (χ0) is 25.8. The minimum atomic E-state index is -0.0981. The lowest BCUT2D eigenvalue weighted by atomic mass is 9.95. The van der Waals surface area contributed by atoms with Crippen molar-refractivity contribution in [2.45, 2.75) is 38.1 Å². The van der Waals surface area contributed by atoms with Crippen LogP contribution in [0.4, 0.5) is 11.5 Å². The Labute approximate surface area is 215 Å². The Balaban J connectivity index is 1.31. The summed E-state index contributed by atoms with van der Waals surface area (Å²) in [5, 5.41) is 11.7. The number of carbonyl (C=O) groups excluding carboxylic acids is 1. The van der Waals surface area contributed by atoms with Gasteiger partial charge in [0.1, 0.15) is 17.1 Å². The van der Waals surface area contributed by atoms with Crippen molar-refractivity contribution >= 4 is 28.3 Å². The summed E-state index contributed by atoms with van der Waals surface area (Å²) in [6, 6.07) is 13.2. The Bertz CT molecular complexity index is 1390. The first kappa shape index (κ1) is 24.4. The molecule has 0 unspecified atom stereocenters. The summed E-state index contributed by atoms with van der Waals surface area (Å²) in [6.45, 7) is 0. The molecule has 0 aliphatic heterocycles. The molecule has 1 amide bonds. The first-order valence-electron chi connectivity index (χ1n) is 12.4. The normalized spacial score (nSPS) is 13.8. The van der Waals surface area contributed by atoms with Crippen LogP contribution in [0.3, 0.4) is 0 Å². The number of pyridine rings is 1. The predicted molar refractivity (Wildman–Crippen MR) is 142 cm³/mol. The number of nitrogens with zero attached hydrogens (tertiary/aromatic N) is 3. The molecule has 2 heterocycles. The van der Waals surface area contributed by atoms with Crippen LogP contribution in [0.2, 0.25) is 0 Å². The maximum Gasteiger partial charge on any atom is 0.256 e. The molecule has 9 nitrogen and oxygen atoms in total. The van der Waals surface area contributed by atoms with Gasteiger partial charge in [-0.1, -0.05) is 19.3 Å². The van der Waals surface area contributed by atoms with E-state index in [9.17, 15) is 4.79 Å². The molecule has 1 aliphatic carbocycles. The van der Waals surface area contributed by atoms with Crippen LogP contribution in [0.25, 0.3) is 10.9 Å².